The summed E-state index contributed by atoms with van der Waals surface area (Å²) in [5.41, 5.74) is 2.16. The van der Waals surface area contributed by atoms with E-state index in [2.05, 4.69) is 11.9 Å². The number of hydrogen-bond donors (Lipinski definition) is 2. The fourth-order valence-corrected chi connectivity index (χ4v) is 2.89. The van der Waals surface area contributed by atoms with Crippen LogP contribution in [0.2, 0.25) is 5.02 Å². The maximum atomic E-state index is 12.3. The van der Waals surface area contributed by atoms with E-state index >= 15 is 0 Å². The Morgan fingerprint density at radius 3 is 2.69 bits per heavy atom. The van der Waals surface area contributed by atoms with Gasteiger partial charge < -0.3 is 15.0 Å². The molecular formula is C21H26ClN2O2+. The molecule has 2 N–H and O–H groups in total. The van der Waals surface area contributed by atoms with Crippen LogP contribution in [0.1, 0.15) is 24.1 Å². The number of benzene rings is 2. The first-order valence-corrected chi connectivity index (χ1v) is 9.04. The second-order valence-corrected chi connectivity index (χ2v) is 6.83. The summed E-state index contributed by atoms with van der Waals surface area (Å²) >= 11 is 6.01. The highest BCUT2D eigenvalue weighted by Gasteiger charge is 2.14. The van der Waals surface area contributed by atoms with Crippen molar-refractivity contribution in [1.82, 2.24) is 5.32 Å². The molecule has 0 saturated heterocycles. The number of carbonyl (C=O) groups excluding carboxylic acids is 1. The molecular weight excluding hydrogens is 348 g/mol. The van der Waals surface area contributed by atoms with Gasteiger partial charge in [0.2, 0.25) is 0 Å². The Morgan fingerprint density at radius 2 is 2.04 bits per heavy atom. The van der Waals surface area contributed by atoms with E-state index in [9.17, 15) is 4.79 Å². The summed E-state index contributed by atoms with van der Waals surface area (Å²) in [6, 6.07) is 15.4. The fourth-order valence-electron chi connectivity index (χ4n) is 2.70. The molecule has 0 fully saturated rings. The van der Waals surface area contributed by atoms with E-state index in [-0.39, 0.29) is 11.9 Å². The van der Waals surface area contributed by atoms with E-state index in [1.54, 1.807) is 6.08 Å². The van der Waals surface area contributed by atoms with Crippen LogP contribution in [-0.4, -0.2) is 26.1 Å². The highest BCUT2D eigenvalue weighted by atomic mass is 35.5. The molecule has 2 atom stereocenters. The molecule has 0 spiro atoms. The highest BCUT2D eigenvalue weighted by Crippen LogP contribution is 2.17. The SMILES string of the molecule is C=CCOc1ccc(C[NH+](C)CC(=O)N[C@H](C)c2cccc(Cl)c2)cc1. The Kier molecular flexibility index (Phi) is 7.70. The van der Waals surface area contributed by atoms with Gasteiger partial charge in [-0.15, -0.1) is 0 Å². The lowest BCUT2D eigenvalue weighted by Gasteiger charge is -2.18. The second kappa shape index (κ2) is 10.00. The van der Waals surface area contributed by atoms with E-state index in [4.69, 9.17) is 16.3 Å². The normalized spacial score (nSPS) is 12.9. The van der Waals surface area contributed by atoms with Gasteiger partial charge in [0.1, 0.15) is 18.9 Å². The van der Waals surface area contributed by atoms with Crippen molar-refractivity contribution in [2.24, 2.45) is 0 Å². The van der Waals surface area contributed by atoms with Crippen molar-refractivity contribution in [1.29, 1.82) is 0 Å². The van der Waals surface area contributed by atoms with Gasteiger partial charge in [0.15, 0.2) is 6.54 Å². The zero-order valence-corrected chi connectivity index (χ0v) is 16.1. The van der Waals surface area contributed by atoms with Crippen molar-refractivity contribution in [3.05, 3.63) is 77.3 Å². The van der Waals surface area contributed by atoms with Gasteiger partial charge in [-0.2, -0.15) is 0 Å². The van der Waals surface area contributed by atoms with Crippen molar-refractivity contribution in [3.63, 3.8) is 0 Å². The first-order valence-electron chi connectivity index (χ1n) is 8.66. The smallest absolute Gasteiger partial charge is 0.275 e. The van der Waals surface area contributed by atoms with Crippen molar-refractivity contribution < 1.29 is 14.4 Å². The molecule has 0 heterocycles. The molecule has 0 saturated carbocycles. The van der Waals surface area contributed by atoms with E-state index in [1.807, 2.05) is 62.5 Å². The Labute approximate surface area is 160 Å². The highest BCUT2D eigenvalue weighted by molar-refractivity contribution is 6.30. The van der Waals surface area contributed by atoms with Crippen LogP contribution in [0.5, 0.6) is 5.75 Å². The average molecular weight is 374 g/mol. The van der Waals surface area contributed by atoms with E-state index in [0.717, 1.165) is 28.3 Å². The van der Waals surface area contributed by atoms with Crippen molar-refractivity contribution >= 4 is 17.5 Å². The Morgan fingerprint density at radius 1 is 1.31 bits per heavy atom. The molecule has 1 amide bonds. The summed E-state index contributed by atoms with van der Waals surface area (Å²) in [6.45, 7) is 7.25. The Balaban J connectivity index is 1.82. The minimum Gasteiger partial charge on any atom is -0.490 e. The van der Waals surface area contributed by atoms with Crippen LogP contribution in [0, 0.1) is 0 Å². The zero-order valence-electron chi connectivity index (χ0n) is 15.3. The van der Waals surface area contributed by atoms with Crippen LogP contribution in [0.4, 0.5) is 0 Å². The minimum atomic E-state index is -0.0738. The average Bonchev–Trinajstić information content (AvgIpc) is 2.61. The van der Waals surface area contributed by atoms with Gasteiger partial charge >= 0.3 is 0 Å². The van der Waals surface area contributed by atoms with Crippen LogP contribution in [0.25, 0.3) is 0 Å². The summed E-state index contributed by atoms with van der Waals surface area (Å²) in [4.78, 5) is 13.4. The third-order valence-electron chi connectivity index (χ3n) is 3.99. The van der Waals surface area contributed by atoms with Crippen LogP contribution < -0.4 is 15.0 Å². The van der Waals surface area contributed by atoms with Gasteiger partial charge in [0, 0.05) is 10.6 Å². The zero-order chi connectivity index (χ0) is 18.9. The van der Waals surface area contributed by atoms with E-state index < -0.39 is 0 Å². The number of carbonyl (C=O) groups is 1. The molecule has 1 unspecified atom stereocenters. The van der Waals surface area contributed by atoms with Gasteiger partial charge in [-0.3, -0.25) is 4.79 Å². The van der Waals surface area contributed by atoms with Gasteiger partial charge in [-0.05, 0) is 48.9 Å². The molecule has 0 aliphatic heterocycles. The first-order chi connectivity index (χ1) is 12.5. The lowest BCUT2D eigenvalue weighted by molar-refractivity contribution is -0.885. The quantitative estimate of drug-likeness (QED) is 0.664. The summed E-state index contributed by atoms with van der Waals surface area (Å²) in [5.74, 6) is 0.834. The molecule has 0 radical (unpaired) electrons. The third kappa shape index (κ3) is 6.54. The molecule has 5 heteroatoms. The molecule has 4 nitrogen and oxygen atoms in total. The minimum absolute atomic E-state index is 0.0147. The first kappa shape index (κ1) is 20.0. The third-order valence-corrected chi connectivity index (χ3v) is 4.22. The molecule has 2 rings (SSSR count). The molecule has 0 aliphatic rings. The van der Waals surface area contributed by atoms with Crippen LogP contribution >= 0.6 is 11.6 Å². The number of nitrogens with one attached hydrogen (secondary N) is 2. The van der Waals surface area contributed by atoms with Crippen LogP contribution in [-0.2, 0) is 11.3 Å². The van der Waals surface area contributed by atoms with E-state index in [1.165, 1.54) is 0 Å². The van der Waals surface area contributed by atoms with Gasteiger partial charge in [-0.1, -0.05) is 36.4 Å². The number of likely N-dealkylation sites (N-methyl/N-ethyl adjacent to an activating group) is 1. The molecule has 0 aliphatic carbocycles. The number of hydrogen-bond acceptors (Lipinski definition) is 2. The van der Waals surface area contributed by atoms with Gasteiger partial charge in [-0.25, -0.2) is 0 Å². The standard InChI is InChI=1S/C21H25ClN2O2/c1-4-12-26-20-10-8-17(9-11-20)14-24(3)15-21(25)23-16(2)18-6-5-7-19(22)13-18/h4-11,13,16H,1,12,14-15H2,2-3H3,(H,23,25)/p+1/t16-/m1/s1. The van der Waals surface area contributed by atoms with Crippen LogP contribution in [0.15, 0.2) is 61.2 Å². The number of ether oxygens (including phenoxy) is 1. The largest absolute Gasteiger partial charge is 0.490 e. The monoisotopic (exact) mass is 373 g/mol. The van der Waals surface area contributed by atoms with Crippen molar-refractivity contribution in [2.45, 2.75) is 19.5 Å². The van der Waals surface area contributed by atoms with Crippen molar-refractivity contribution in [3.8, 4) is 5.75 Å². The summed E-state index contributed by atoms with van der Waals surface area (Å²) in [6.07, 6.45) is 1.72. The predicted molar refractivity (Wildman–Crippen MR) is 106 cm³/mol. The van der Waals surface area contributed by atoms with E-state index in [0.29, 0.717) is 18.2 Å². The molecule has 138 valence electrons. The molecule has 2 aromatic carbocycles. The number of halogens is 1. The van der Waals surface area contributed by atoms with Crippen LogP contribution in [0.3, 0.4) is 0 Å². The lowest BCUT2D eigenvalue weighted by Crippen LogP contribution is -3.08. The summed E-state index contributed by atoms with van der Waals surface area (Å²) in [5, 5.41) is 3.70. The maximum absolute atomic E-state index is 12.3. The fraction of sp³-hybridized carbons (Fsp3) is 0.286. The Hall–Kier alpha value is -2.30. The number of rotatable bonds is 9. The lowest BCUT2D eigenvalue weighted by atomic mass is 10.1. The molecule has 0 aromatic heterocycles. The predicted octanol–water partition coefficient (Wildman–Crippen LogP) is 2.80. The number of amides is 1. The second-order valence-electron chi connectivity index (χ2n) is 6.40. The topological polar surface area (TPSA) is 42.8 Å². The molecule has 26 heavy (non-hydrogen) atoms. The molecule has 2 aromatic rings. The number of quaternary nitrogens is 1. The summed E-state index contributed by atoms with van der Waals surface area (Å²) in [7, 11) is 2.01. The summed E-state index contributed by atoms with van der Waals surface area (Å²) < 4.78 is 5.48. The van der Waals surface area contributed by atoms with Gasteiger partial charge in [0.05, 0.1) is 13.1 Å². The Bertz CT molecular complexity index is 731. The molecule has 0 bridgehead atoms. The maximum Gasteiger partial charge on any atom is 0.275 e. The van der Waals surface area contributed by atoms with Gasteiger partial charge in [0.25, 0.3) is 5.91 Å². The van der Waals surface area contributed by atoms with Crippen molar-refractivity contribution in [2.75, 3.05) is 20.2 Å².